The highest BCUT2D eigenvalue weighted by Crippen LogP contribution is 2.13. The zero-order valence-corrected chi connectivity index (χ0v) is 12.8. The van der Waals surface area contributed by atoms with Crippen LogP contribution in [0.4, 0.5) is 0 Å². The minimum atomic E-state index is 0.489. The third-order valence-electron chi connectivity index (χ3n) is 4.05. The summed E-state index contributed by atoms with van der Waals surface area (Å²) in [4.78, 5) is 0. The lowest BCUT2D eigenvalue weighted by atomic mass is 9.96. The van der Waals surface area contributed by atoms with Gasteiger partial charge in [-0.05, 0) is 55.5 Å². The van der Waals surface area contributed by atoms with E-state index in [-0.39, 0.29) is 0 Å². The molecule has 0 radical (unpaired) electrons. The Morgan fingerprint density at radius 1 is 0.900 bits per heavy atom. The lowest BCUT2D eigenvalue weighted by molar-refractivity contribution is 0.555. The van der Waals surface area contributed by atoms with Crippen LogP contribution in [0, 0.1) is 6.92 Å². The summed E-state index contributed by atoms with van der Waals surface area (Å²) in [7, 11) is 2.06. The Balaban J connectivity index is 2.03. The van der Waals surface area contributed by atoms with Crippen molar-refractivity contribution in [3.8, 4) is 0 Å². The van der Waals surface area contributed by atoms with E-state index in [9.17, 15) is 0 Å². The summed E-state index contributed by atoms with van der Waals surface area (Å²) in [5, 5.41) is 3.45. The first-order chi connectivity index (χ1) is 9.72. The molecule has 106 valence electrons. The molecule has 1 atom stereocenters. The largest absolute Gasteiger partial charge is 0.316 e. The van der Waals surface area contributed by atoms with Crippen LogP contribution in [0.5, 0.6) is 0 Å². The first-order valence-corrected chi connectivity index (χ1v) is 7.52. The minimum absolute atomic E-state index is 0.489. The molecule has 0 heterocycles. The van der Waals surface area contributed by atoms with E-state index in [2.05, 4.69) is 74.7 Å². The second-order valence-corrected chi connectivity index (χ2v) is 5.49. The fourth-order valence-corrected chi connectivity index (χ4v) is 2.58. The molecule has 1 nitrogen and oxygen atoms in total. The minimum Gasteiger partial charge on any atom is -0.316 e. The molecule has 2 aromatic carbocycles. The van der Waals surface area contributed by atoms with Crippen molar-refractivity contribution in [2.45, 2.75) is 39.2 Å². The van der Waals surface area contributed by atoms with Crippen molar-refractivity contribution < 1.29 is 0 Å². The number of likely N-dealkylation sites (N-methyl/N-ethyl adjacent to an activating group) is 1. The zero-order valence-electron chi connectivity index (χ0n) is 12.8. The molecule has 1 N–H and O–H groups in total. The molecule has 0 aromatic heterocycles. The molecule has 0 saturated heterocycles. The standard InChI is InChI=1S/C19H25N/c1-4-16-9-11-17(12-10-16)13-19(20-3)14-18-8-6-5-7-15(18)2/h5-12,19-20H,4,13-14H2,1-3H3. The highest BCUT2D eigenvalue weighted by Gasteiger charge is 2.09. The van der Waals surface area contributed by atoms with Gasteiger partial charge in [-0.1, -0.05) is 55.5 Å². The summed E-state index contributed by atoms with van der Waals surface area (Å²) in [6.45, 7) is 4.39. The van der Waals surface area contributed by atoms with Gasteiger partial charge in [0.25, 0.3) is 0 Å². The zero-order chi connectivity index (χ0) is 14.4. The van der Waals surface area contributed by atoms with E-state index >= 15 is 0 Å². The monoisotopic (exact) mass is 267 g/mol. The lowest BCUT2D eigenvalue weighted by Gasteiger charge is -2.18. The molecule has 2 rings (SSSR count). The van der Waals surface area contributed by atoms with E-state index in [0.29, 0.717) is 6.04 Å². The molecule has 1 heteroatoms. The van der Waals surface area contributed by atoms with Crippen molar-refractivity contribution in [2.75, 3.05) is 7.05 Å². The van der Waals surface area contributed by atoms with Crippen LogP contribution in [0.15, 0.2) is 48.5 Å². The van der Waals surface area contributed by atoms with Crippen molar-refractivity contribution in [2.24, 2.45) is 0 Å². The molecule has 0 aliphatic heterocycles. The normalized spacial score (nSPS) is 12.3. The van der Waals surface area contributed by atoms with Gasteiger partial charge in [0.15, 0.2) is 0 Å². The molecule has 0 amide bonds. The van der Waals surface area contributed by atoms with E-state index in [4.69, 9.17) is 0 Å². The molecule has 0 saturated carbocycles. The van der Waals surface area contributed by atoms with Crippen LogP contribution in [-0.4, -0.2) is 13.1 Å². The van der Waals surface area contributed by atoms with E-state index < -0.39 is 0 Å². The number of hydrogen-bond donors (Lipinski definition) is 1. The molecule has 0 aliphatic carbocycles. The molecule has 0 spiro atoms. The van der Waals surface area contributed by atoms with Crippen molar-refractivity contribution in [3.63, 3.8) is 0 Å². The van der Waals surface area contributed by atoms with Crippen molar-refractivity contribution in [1.29, 1.82) is 0 Å². The Bertz CT molecular complexity index is 528. The average molecular weight is 267 g/mol. The van der Waals surface area contributed by atoms with Crippen LogP contribution in [-0.2, 0) is 19.3 Å². The van der Waals surface area contributed by atoms with Crippen LogP contribution in [0.3, 0.4) is 0 Å². The molecule has 0 fully saturated rings. The summed E-state index contributed by atoms with van der Waals surface area (Å²) in [6, 6.07) is 18.2. The van der Waals surface area contributed by atoms with E-state index in [1.54, 1.807) is 0 Å². The number of nitrogens with one attached hydrogen (secondary N) is 1. The SMILES string of the molecule is CCc1ccc(CC(Cc2ccccc2C)NC)cc1. The van der Waals surface area contributed by atoms with Gasteiger partial charge >= 0.3 is 0 Å². The average Bonchev–Trinajstić information content (AvgIpc) is 2.49. The van der Waals surface area contributed by atoms with E-state index in [1.165, 1.54) is 22.3 Å². The number of hydrogen-bond acceptors (Lipinski definition) is 1. The third kappa shape index (κ3) is 3.94. The molecule has 20 heavy (non-hydrogen) atoms. The van der Waals surface area contributed by atoms with Gasteiger partial charge in [-0.3, -0.25) is 0 Å². The second-order valence-electron chi connectivity index (χ2n) is 5.49. The quantitative estimate of drug-likeness (QED) is 0.836. The van der Waals surface area contributed by atoms with Crippen LogP contribution in [0.1, 0.15) is 29.2 Å². The third-order valence-corrected chi connectivity index (χ3v) is 4.05. The first kappa shape index (κ1) is 14.8. The number of rotatable bonds is 6. The van der Waals surface area contributed by atoms with Gasteiger partial charge in [-0.25, -0.2) is 0 Å². The van der Waals surface area contributed by atoms with Gasteiger partial charge in [0.2, 0.25) is 0 Å². The van der Waals surface area contributed by atoms with E-state index in [1.807, 2.05) is 0 Å². The van der Waals surface area contributed by atoms with Gasteiger partial charge < -0.3 is 5.32 Å². The Labute approximate surface area is 123 Å². The molecular formula is C19H25N. The van der Waals surface area contributed by atoms with E-state index in [0.717, 1.165) is 19.3 Å². The summed E-state index contributed by atoms with van der Waals surface area (Å²) >= 11 is 0. The molecule has 1 unspecified atom stereocenters. The van der Waals surface area contributed by atoms with Crippen molar-refractivity contribution >= 4 is 0 Å². The maximum absolute atomic E-state index is 3.45. The maximum Gasteiger partial charge on any atom is 0.0145 e. The molecule has 2 aromatic rings. The van der Waals surface area contributed by atoms with Crippen molar-refractivity contribution in [1.82, 2.24) is 5.32 Å². The Kier molecular flexibility index (Phi) is 5.37. The maximum atomic E-state index is 3.45. The summed E-state index contributed by atoms with van der Waals surface area (Å²) in [6.07, 6.45) is 3.27. The van der Waals surface area contributed by atoms with Crippen LogP contribution in [0.25, 0.3) is 0 Å². The lowest BCUT2D eigenvalue weighted by Crippen LogP contribution is -2.30. The number of aryl methyl sites for hydroxylation is 2. The molecule has 0 aliphatic rings. The van der Waals surface area contributed by atoms with Crippen LogP contribution < -0.4 is 5.32 Å². The highest BCUT2D eigenvalue weighted by molar-refractivity contribution is 5.28. The number of benzene rings is 2. The van der Waals surface area contributed by atoms with Gasteiger partial charge in [-0.15, -0.1) is 0 Å². The smallest absolute Gasteiger partial charge is 0.0145 e. The molecule has 0 bridgehead atoms. The van der Waals surface area contributed by atoms with Crippen molar-refractivity contribution in [3.05, 3.63) is 70.8 Å². The van der Waals surface area contributed by atoms with Gasteiger partial charge in [-0.2, -0.15) is 0 Å². The second kappa shape index (κ2) is 7.25. The van der Waals surface area contributed by atoms with Gasteiger partial charge in [0, 0.05) is 6.04 Å². The Morgan fingerprint density at radius 2 is 1.55 bits per heavy atom. The predicted octanol–water partition coefficient (Wildman–Crippen LogP) is 3.93. The van der Waals surface area contributed by atoms with Crippen LogP contribution in [0.2, 0.25) is 0 Å². The Hall–Kier alpha value is -1.60. The topological polar surface area (TPSA) is 12.0 Å². The van der Waals surface area contributed by atoms with Gasteiger partial charge in [0.05, 0.1) is 0 Å². The fourth-order valence-electron chi connectivity index (χ4n) is 2.58. The van der Waals surface area contributed by atoms with Gasteiger partial charge in [0.1, 0.15) is 0 Å². The summed E-state index contributed by atoms with van der Waals surface area (Å²) in [5.74, 6) is 0. The fraction of sp³-hybridized carbons (Fsp3) is 0.368. The Morgan fingerprint density at radius 3 is 2.15 bits per heavy atom. The first-order valence-electron chi connectivity index (χ1n) is 7.52. The predicted molar refractivity (Wildman–Crippen MR) is 87.3 cm³/mol. The highest BCUT2D eigenvalue weighted by atomic mass is 14.9. The summed E-state index contributed by atoms with van der Waals surface area (Å²) in [5.41, 5.74) is 5.65. The molecular weight excluding hydrogens is 242 g/mol. The summed E-state index contributed by atoms with van der Waals surface area (Å²) < 4.78 is 0. The van der Waals surface area contributed by atoms with Crippen LogP contribution >= 0.6 is 0 Å².